The van der Waals surface area contributed by atoms with Crippen molar-refractivity contribution < 1.29 is 0 Å². The quantitative estimate of drug-likeness (QED) is 0.643. The molecule has 3 nitrogen and oxygen atoms in total. The molecular formula is C12H20BrN3. The van der Waals surface area contributed by atoms with Crippen molar-refractivity contribution in [3.05, 3.63) is 28.0 Å². The predicted octanol–water partition coefficient (Wildman–Crippen LogP) is 2.45. The fraction of sp³-hybridized carbons (Fsp3) is 0.583. The van der Waals surface area contributed by atoms with Crippen molar-refractivity contribution in [1.82, 2.24) is 15.1 Å². The molecule has 0 aliphatic heterocycles. The van der Waals surface area contributed by atoms with E-state index in [4.69, 9.17) is 0 Å². The monoisotopic (exact) mass is 285 g/mol. The maximum absolute atomic E-state index is 4.47. The highest BCUT2D eigenvalue weighted by Gasteiger charge is 2.10. The fourth-order valence-corrected chi connectivity index (χ4v) is 2.36. The molecule has 4 heteroatoms. The van der Waals surface area contributed by atoms with Crippen LogP contribution in [0.3, 0.4) is 0 Å². The van der Waals surface area contributed by atoms with E-state index in [1.54, 1.807) is 0 Å². The van der Waals surface area contributed by atoms with Gasteiger partial charge in [-0.3, -0.25) is 4.68 Å². The number of halogens is 1. The van der Waals surface area contributed by atoms with Gasteiger partial charge in [0.25, 0.3) is 0 Å². The summed E-state index contributed by atoms with van der Waals surface area (Å²) in [6.07, 6.45) is 7.40. The highest BCUT2D eigenvalue weighted by Crippen LogP contribution is 2.22. The van der Waals surface area contributed by atoms with Crippen molar-refractivity contribution in [2.24, 2.45) is 7.05 Å². The molecule has 0 fully saturated rings. The summed E-state index contributed by atoms with van der Waals surface area (Å²) in [4.78, 5) is 0. The summed E-state index contributed by atoms with van der Waals surface area (Å²) in [5.74, 6) is 0. The van der Waals surface area contributed by atoms with E-state index in [1.165, 1.54) is 5.69 Å². The molecule has 0 aliphatic rings. The van der Waals surface area contributed by atoms with Crippen molar-refractivity contribution in [2.45, 2.75) is 26.2 Å². The van der Waals surface area contributed by atoms with Crippen molar-refractivity contribution in [3.8, 4) is 0 Å². The molecule has 16 heavy (non-hydrogen) atoms. The summed E-state index contributed by atoms with van der Waals surface area (Å²) >= 11 is 3.62. The van der Waals surface area contributed by atoms with E-state index in [0.29, 0.717) is 0 Å². The number of hydrogen-bond acceptors (Lipinski definition) is 2. The Morgan fingerprint density at radius 1 is 1.44 bits per heavy atom. The van der Waals surface area contributed by atoms with E-state index in [0.717, 1.165) is 36.0 Å². The number of allylic oxidation sites excluding steroid dienone is 1. The first-order valence-corrected chi connectivity index (χ1v) is 6.49. The molecule has 0 radical (unpaired) electrons. The molecule has 0 spiro atoms. The van der Waals surface area contributed by atoms with E-state index in [1.807, 2.05) is 18.8 Å². The van der Waals surface area contributed by atoms with Crippen LogP contribution in [0.1, 0.15) is 24.7 Å². The third-order valence-electron chi connectivity index (χ3n) is 2.54. The van der Waals surface area contributed by atoms with Crippen LogP contribution >= 0.6 is 15.9 Å². The molecule has 1 rings (SSSR count). The van der Waals surface area contributed by atoms with Crippen LogP contribution in [-0.4, -0.2) is 23.4 Å². The average Bonchev–Trinajstić information content (AvgIpc) is 2.55. The van der Waals surface area contributed by atoms with Gasteiger partial charge >= 0.3 is 0 Å². The molecule has 0 atom stereocenters. The van der Waals surface area contributed by atoms with Gasteiger partial charge in [0.15, 0.2) is 0 Å². The summed E-state index contributed by atoms with van der Waals surface area (Å²) in [5, 5.41) is 7.59. The van der Waals surface area contributed by atoms with E-state index in [2.05, 4.69) is 45.4 Å². The molecule has 1 aromatic rings. The number of rotatable bonds is 6. The molecule has 1 aromatic heterocycles. The number of aromatic nitrogens is 2. The zero-order valence-electron chi connectivity index (χ0n) is 10.3. The van der Waals surface area contributed by atoms with Gasteiger partial charge in [0, 0.05) is 13.5 Å². The highest BCUT2D eigenvalue weighted by molar-refractivity contribution is 9.10. The minimum absolute atomic E-state index is 0.938. The smallest absolute Gasteiger partial charge is 0.0766 e. The van der Waals surface area contributed by atoms with Gasteiger partial charge in [-0.1, -0.05) is 19.1 Å². The summed E-state index contributed by atoms with van der Waals surface area (Å²) in [5.41, 5.74) is 2.39. The van der Waals surface area contributed by atoms with Crippen LogP contribution in [0.5, 0.6) is 0 Å². The molecule has 0 amide bonds. The molecule has 0 saturated heterocycles. The van der Waals surface area contributed by atoms with Crippen molar-refractivity contribution in [3.63, 3.8) is 0 Å². The minimum Gasteiger partial charge on any atom is -0.319 e. The molecule has 1 N–H and O–H groups in total. The van der Waals surface area contributed by atoms with Gasteiger partial charge < -0.3 is 5.32 Å². The maximum atomic E-state index is 4.47. The third kappa shape index (κ3) is 3.46. The van der Waals surface area contributed by atoms with E-state index < -0.39 is 0 Å². The topological polar surface area (TPSA) is 29.9 Å². The van der Waals surface area contributed by atoms with Crippen LogP contribution in [0.4, 0.5) is 0 Å². The highest BCUT2D eigenvalue weighted by atomic mass is 79.9. The van der Waals surface area contributed by atoms with Crippen molar-refractivity contribution >= 4 is 15.9 Å². The second-order valence-corrected chi connectivity index (χ2v) is 4.55. The van der Waals surface area contributed by atoms with Gasteiger partial charge in [0.05, 0.1) is 15.9 Å². The van der Waals surface area contributed by atoms with Gasteiger partial charge in [-0.25, -0.2) is 0 Å². The van der Waals surface area contributed by atoms with Crippen LogP contribution in [0, 0.1) is 0 Å². The summed E-state index contributed by atoms with van der Waals surface area (Å²) in [7, 11) is 3.97. The van der Waals surface area contributed by atoms with Gasteiger partial charge in [0.2, 0.25) is 0 Å². The van der Waals surface area contributed by atoms with Crippen LogP contribution in [0.25, 0.3) is 0 Å². The SMILES string of the molecule is CCc1nn(C)c(CC=CCCNC)c1Br. The lowest BCUT2D eigenvalue weighted by molar-refractivity contribution is 0.711. The van der Waals surface area contributed by atoms with Gasteiger partial charge in [-0.2, -0.15) is 5.10 Å². The lowest BCUT2D eigenvalue weighted by atomic mass is 10.2. The summed E-state index contributed by atoms with van der Waals surface area (Å²) in [6.45, 7) is 3.16. The zero-order chi connectivity index (χ0) is 12.0. The lowest BCUT2D eigenvalue weighted by Gasteiger charge is -1.98. The van der Waals surface area contributed by atoms with Gasteiger partial charge in [0.1, 0.15) is 0 Å². The van der Waals surface area contributed by atoms with E-state index in [9.17, 15) is 0 Å². The van der Waals surface area contributed by atoms with Gasteiger partial charge in [-0.05, 0) is 42.4 Å². The molecule has 90 valence electrons. The average molecular weight is 286 g/mol. The second kappa shape index (κ2) is 6.86. The summed E-state index contributed by atoms with van der Waals surface area (Å²) in [6, 6.07) is 0. The third-order valence-corrected chi connectivity index (χ3v) is 3.46. The van der Waals surface area contributed by atoms with Crippen LogP contribution in [-0.2, 0) is 19.9 Å². The molecule has 0 aliphatic carbocycles. The molecule has 0 saturated carbocycles. The van der Waals surface area contributed by atoms with E-state index >= 15 is 0 Å². The maximum Gasteiger partial charge on any atom is 0.0766 e. The van der Waals surface area contributed by atoms with E-state index in [-0.39, 0.29) is 0 Å². The summed E-state index contributed by atoms with van der Waals surface area (Å²) < 4.78 is 3.13. The van der Waals surface area contributed by atoms with Crippen molar-refractivity contribution in [2.75, 3.05) is 13.6 Å². The molecule has 1 heterocycles. The Kier molecular flexibility index (Phi) is 5.77. The second-order valence-electron chi connectivity index (χ2n) is 3.75. The lowest BCUT2D eigenvalue weighted by Crippen LogP contribution is -2.05. The fourth-order valence-electron chi connectivity index (χ4n) is 1.58. The Bertz CT molecular complexity index is 355. The minimum atomic E-state index is 0.938. The van der Waals surface area contributed by atoms with Crippen molar-refractivity contribution in [1.29, 1.82) is 0 Å². The Hall–Kier alpha value is -0.610. The van der Waals surface area contributed by atoms with Crippen LogP contribution in [0.15, 0.2) is 16.6 Å². The van der Waals surface area contributed by atoms with Gasteiger partial charge in [-0.15, -0.1) is 0 Å². The number of hydrogen-bond donors (Lipinski definition) is 1. The standard InChI is InChI=1S/C12H20BrN3/c1-4-10-12(13)11(16(3)15-10)8-6-5-7-9-14-2/h5-6,14H,4,7-9H2,1-3H3. The first kappa shape index (κ1) is 13.5. The Morgan fingerprint density at radius 3 is 2.75 bits per heavy atom. The van der Waals surface area contributed by atoms with Crippen LogP contribution < -0.4 is 5.32 Å². The molecule has 0 aromatic carbocycles. The molecule has 0 bridgehead atoms. The number of nitrogens with zero attached hydrogens (tertiary/aromatic N) is 2. The first-order valence-electron chi connectivity index (χ1n) is 5.70. The molecule has 0 unspecified atom stereocenters. The Morgan fingerprint density at radius 2 is 2.19 bits per heavy atom. The first-order chi connectivity index (χ1) is 7.70. The number of aryl methyl sites for hydroxylation is 2. The largest absolute Gasteiger partial charge is 0.319 e. The number of nitrogens with one attached hydrogen (secondary N) is 1. The Balaban J connectivity index is 2.59. The van der Waals surface area contributed by atoms with Crippen LogP contribution in [0.2, 0.25) is 0 Å². The normalized spacial score (nSPS) is 11.5. The molecular weight excluding hydrogens is 266 g/mol. The zero-order valence-corrected chi connectivity index (χ0v) is 11.8. The Labute approximate surface area is 106 Å². The predicted molar refractivity (Wildman–Crippen MR) is 71.7 cm³/mol.